The number of benzene rings is 2. The number of ether oxygens (including phenoxy) is 1. The summed E-state index contributed by atoms with van der Waals surface area (Å²) < 4.78 is 5.80. The third kappa shape index (κ3) is 6.05. The van der Waals surface area contributed by atoms with Crippen LogP contribution in [0.5, 0.6) is 5.75 Å². The summed E-state index contributed by atoms with van der Waals surface area (Å²) in [5, 5.41) is 12.1. The highest BCUT2D eigenvalue weighted by Gasteiger charge is 2.46. The number of rotatable bonds is 10. The minimum Gasteiger partial charge on any atom is -0.507 e. The van der Waals surface area contributed by atoms with Crippen molar-refractivity contribution >= 4 is 40.7 Å². The van der Waals surface area contributed by atoms with E-state index in [1.165, 1.54) is 4.90 Å². The van der Waals surface area contributed by atoms with Crippen LogP contribution in [0.2, 0.25) is 10.0 Å². The summed E-state index contributed by atoms with van der Waals surface area (Å²) in [7, 11) is 0. The number of amides is 1. The lowest BCUT2D eigenvalue weighted by molar-refractivity contribution is -0.140. The molecule has 1 N–H and O–H groups in total. The van der Waals surface area contributed by atoms with Gasteiger partial charge >= 0.3 is 0 Å². The topological polar surface area (TPSA) is 70.1 Å². The van der Waals surface area contributed by atoms with Gasteiger partial charge in [0.25, 0.3) is 11.7 Å². The highest BCUT2D eigenvalue weighted by atomic mass is 35.5. The van der Waals surface area contributed by atoms with Crippen LogP contribution in [0.1, 0.15) is 50.4 Å². The number of carbonyl (C=O) groups excluding carboxylic acids is 2. The van der Waals surface area contributed by atoms with E-state index in [2.05, 4.69) is 18.7 Å². The Balaban J connectivity index is 2.09. The van der Waals surface area contributed by atoms with Gasteiger partial charge in [-0.25, -0.2) is 0 Å². The third-order valence-corrected chi connectivity index (χ3v) is 7.13. The van der Waals surface area contributed by atoms with E-state index in [1.54, 1.807) is 30.3 Å². The van der Waals surface area contributed by atoms with Gasteiger partial charge in [-0.05, 0) is 67.4 Å². The maximum absolute atomic E-state index is 13.3. The first-order valence-electron chi connectivity index (χ1n) is 12.3. The van der Waals surface area contributed by atoms with Crippen molar-refractivity contribution in [2.24, 2.45) is 5.92 Å². The van der Waals surface area contributed by atoms with E-state index in [4.69, 9.17) is 27.9 Å². The summed E-state index contributed by atoms with van der Waals surface area (Å²) >= 11 is 12.4. The molecule has 0 bridgehead atoms. The number of aryl methyl sites for hydroxylation is 1. The Morgan fingerprint density at radius 3 is 2.36 bits per heavy atom. The van der Waals surface area contributed by atoms with Gasteiger partial charge in [0.15, 0.2) is 0 Å². The summed E-state index contributed by atoms with van der Waals surface area (Å²) in [5.74, 6) is -0.532. The number of hydrogen-bond acceptors (Lipinski definition) is 5. The second-order valence-electron chi connectivity index (χ2n) is 9.37. The number of carbonyl (C=O) groups is 2. The van der Waals surface area contributed by atoms with E-state index in [9.17, 15) is 14.7 Å². The first-order chi connectivity index (χ1) is 17.1. The van der Waals surface area contributed by atoms with Crippen molar-refractivity contribution in [3.8, 4) is 5.75 Å². The molecule has 1 saturated heterocycles. The Morgan fingerprint density at radius 1 is 1.08 bits per heavy atom. The van der Waals surface area contributed by atoms with Crippen LogP contribution in [0.4, 0.5) is 0 Å². The number of Topliss-reactive ketones (excluding diaryl/α,β-unsaturated/α-hetero) is 1. The Bertz CT molecular complexity index is 1160. The molecule has 8 heteroatoms. The molecule has 194 valence electrons. The normalized spacial score (nSPS) is 17.5. The largest absolute Gasteiger partial charge is 0.507 e. The average molecular weight is 533 g/mol. The van der Waals surface area contributed by atoms with E-state index >= 15 is 0 Å². The highest BCUT2D eigenvalue weighted by molar-refractivity contribution is 6.47. The summed E-state index contributed by atoms with van der Waals surface area (Å²) in [5.41, 5.74) is 1.85. The second kappa shape index (κ2) is 12.1. The minimum absolute atomic E-state index is 0.0388. The average Bonchev–Trinajstić information content (AvgIpc) is 3.09. The monoisotopic (exact) mass is 532 g/mol. The van der Waals surface area contributed by atoms with Crippen molar-refractivity contribution in [3.05, 3.63) is 68.7 Å². The zero-order valence-electron chi connectivity index (χ0n) is 21.5. The van der Waals surface area contributed by atoms with Crippen LogP contribution in [-0.4, -0.2) is 59.4 Å². The highest BCUT2D eigenvalue weighted by Crippen LogP contribution is 2.41. The number of aliphatic hydroxyl groups is 1. The zero-order valence-corrected chi connectivity index (χ0v) is 23.0. The van der Waals surface area contributed by atoms with Gasteiger partial charge in [-0.2, -0.15) is 0 Å². The van der Waals surface area contributed by atoms with Gasteiger partial charge in [0.05, 0.1) is 28.3 Å². The van der Waals surface area contributed by atoms with Crippen LogP contribution in [0.15, 0.2) is 42.0 Å². The zero-order chi connectivity index (χ0) is 26.6. The summed E-state index contributed by atoms with van der Waals surface area (Å²) in [6, 6.07) is 9.53. The van der Waals surface area contributed by atoms with E-state index < -0.39 is 17.7 Å². The molecule has 3 rings (SSSR count). The van der Waals surface area contributed by atoms with E-state index in [0.29, 0.717) is 52.5 Å². The Kier molecular flexibility index (Phi) is 9.45. The van der Waals surface area contributed by atoms with Crippen molar-refractivity contribution in [1.82, 2.24) is 9.80 Å². The van der Waals surface area contributed by atoms with Crippen LogP contribution in [-0.2, 0) is 9.59 Å². The standard InChI is InChI=1S/C28H34Cl2N2O4/c1-6-31(7-2)12-13-32-25(19-8-11-22(29)23(30)15-19)24(27(34)28(32)35)26(33)21-10-9-20(14-18(21)5)36-16-17(3)4/h8-11,14-15,17,25,33H,6-7,12-13,16H2,1-5H3/t25-/m1/s1. The number of halogens is 2. The molecule has 1 fully saturated rings. The molecule has 0 aromatic heterocycles. The van der Waals surface area contributed by atoms with E-state index in [0.717, 1.165) is 18.7 Å². The number of likely N-dealkylation sites (N-methyl/N-ethyl adjacent to an activating group) is 1. The fourth-order valence-electron chi connectivity index (χ4n) is 4.33. The van der Waals surface area contributed by atoms with Crippen molar-refractivity contribution in [2.45, 2.75) is 40.7 Å². The van der Waals surface area contributed by atoms with Gasteiger partial charge in [0, 0.05) is 18.7 Å². The number of nitrogens with zero attached hydrogens (tertiary/aromatic N) is 2. The maximum Gasteiger partial charge on any atom is 0.295 e. The molecule has 1 aliphatic rings. The van der Waals surface area contributed by atoms with Crippen LogP contribution in [0.25, 0.3) is 5.76 Å². The molecule has 1 amide bonds. The van der Waals surface area contributed by atoms with Gasteiger partial charge in [-0.1, -0.05) is 57.0 Å². The van der Waals surface area contributed by atoms with Gasteiger partial charge in [0.2, 0.25) is 0 Å². The van der Waals surface area contributed by atoms with Crippen molar-refractivity contribution in [1.29, 1.82) is 0 Å². The summed E-state index contributed by atoms with van der Waals surface area (Å²) in [6.45, 7) is 13.2. The molecule has 0 saturated carbocycles. The maximum atomic E-state index is 13.3. The third-order valence-electron chi connectivity index (χ3n) is 6.39. The number of hydrogen-bond donors (Lipinski definition) is 1. The SMILES string of the molecule is CCN(CC)CCN1C(=O)C(=O)C(=C(O)c2ccc(OCC(C)C)cc2C)[C@H]1c1ccc(Cl)c(Cl)c1. The Morgan fingerprint density at radius 2 is 1.78 bits per heavy atom. The first kappa shape index (κ1) is 28.0. The van der Waals surface area contributed by atoms with Crippen LogP contribution in [0, 0.1) is 12.8 Å². The summed E-state index contributed by atoms with van der Waals surface area (Å²) in [6.07, 6.45) is 0. The Labute approximate surface area is 223 Å². The fraction of sp³-hybridized carbons (Fsp3) is 0.429. The van der Waals surface area contributed by atoms with Gasteiger partial charge in [-0.3, -0.25) is 9.59 Å². The van der Waals surface area contributed by atoms with Crippen LogP contribution < -0.4 is 4.74 Å². The molecular weight excluding hydrogens is 499 g/mol. The van der Waals surface area contributed by atoms with Crippen LogP contribution in [0.3, 0.4) is 0 Å². The molecule has 1 aliphatic heterocycles. The van der Waals surface area contributed by atoms with Crippen molar-refractivity contribution in [2.75, 3.05) is 32.8 Å². The van der Waals surface area contributed by atoms with Gasteiger partial charge < -0.3 is 19.6 Å². The molecule has 36 heavy (non-hydrogen) atoms. The molecule has 6 nitrogen and oxygen atoms in total. The first-order valence-corrected chi connectivity index (χ1v) is 13.0. The van der Waals surface area contributed by atoms with Gasteiger partial charge in [-0.15, -0.1) is 0 Å². The smallest absolute Gasteiger partial charge is 0.295 e. The lowest BCUT2D eigenvalue weighted by Gasteiger charge is -2.28. The predicted octanol–water partition coefficient (Wildman–Crippen LogP) is 6.10. The summed E-state index contributed by atoms with van der Waals surface area (Å²) in [4.78, 5) is 30.2. The predicted molar refractivity (Wildman–Crippen MR) is 145 cm³/mol. The van der Waals surface area contributed by atoms with Crippen molar-refractivity contribution in [3.63, 3.8) is 0 Å². The number of ketones is 1. The molecule has 2 aromatic carbocycles. The van der Waals surface area contributed by atoms with Crippen LogP contribution >= 0.6 is 23.2 Å². The number of aliphatic hydroxyl groups excluding tert-OH is 1. The van der Waals surface area contributed by atoms with Crippen molar-refractivity contribution < 1.29 is 19.4 Å². The minimum atomic E-state index is -0.786. The number of likely N-dealkylation sites (tertiary alicyclic amines) is 1. The van der Waals surface area contributed by atoms with E-state index in [1.807, 2.05) is 26.8 Å². The molecule has 0 aliphatic carbocycles. The molecule has 0 unspecified atom stereocenters. The fourth-order valence-corrected chi connectivity index (χ4v) is 4.63. The Hall–Kier alpha value is -2.54. The second-order valence-corrected chi connectivity index (χ2v) is 10.2. The molecule has 0 spiro atoms. The quantitative estimate of drug-likeness (QED) is 0.227. The van der Waals surface area contributed by atoms with E-state index in [-0.39, 0.29) is 11.3 Å². The lowest BCUT2D eigenvalue weighted by atomic mass is 9.94. The molecule has 2 aromatic rings. The van der Waals surface area contributed by atoms with Gasteiger partial charge in [0.1, 0.15) is 11.5 Å². The molecule has 0 radical (unpaired) electrons. The molecule has 1 heterocycles. The molecular formula is C28H34Cl2N2O4. The molecule has 1 atom stereocenters. The lowest BCUT2D eigenvalue weighted by Crippen LogP contribution is -2.38.